The first kappa shape index (κ1) is 21.4. The van der Waals surface area contributed by atoms with E-state index < -0.39 is 5.97 Å². The van der Waals surface area contributed by atoms with Crippen LogP contribution in [0.2, 0.25) is 0 Å². The summed E-state index contributed by atoms with van der Waals surface area (Å²) in [6.45, 7) is 0. The number of hydrogen-bond donors (Lipinski definition) is 1. The van der Waals surface area contributed by atoms with Gasteiger partial charge in [0.1, 0.15) is 0 Å². The summed E-state index contributed by atoms with van der Waals surface area (Å²) >= 11 is 1.90. The average Bonchev–Trinajstić information content (AvgIpc) is 3.00. The molecule has 0 fully saturated rings. The van der Waals surface area contributed by atoms with Crippen LogP contribution in [0.25, 0.3) is 0 Å². The number of unbranched alkanes of at least 4 members (excludes halogenated alkanes) is 3. The Morgan fingerprint density at radius 1 is 0.833 bits per heavy atom. The summed E-state index contributed by atoms with van der Waals surface area (Å²) in [5, 5.41) is 8.63. The first-order chi connectivity index (χ1) is 11.2. The van der Waals surface area contributed by atoms with Crippen LogP contribution in [-0.4, -0.2) is 11.1 Å². The Balaban J connectivity index is 0.00000288. The Labute approximate surface area is 173 Å². The van der Waals surface area contributed by atoms with E-state index in [1.54, 1.807) is 0 Å². The Morgan fingerprint density at radius 2 is 1.42 bits per heavy atom. The Bertz CT molecular complexity index is 586. The molecule has 0 aliphatic rings. The first-order valence-electron chi connectivity index (χ1n) is 8.57. The van der Waals surface area contributed by atoms with Crippen LogP contribution >= 0.6 is 11.3 Å². The number of carboxylic acid groups (broad SMARTS) is 1. The van der Waals surface area contributed by atoms with Gasteiger partial charge in [0.15, 0.2) is 0 Å². The van der Waals surface area contributed by atoms with Gasteiger partial charge in [0.2, 0.25) is 0 Å². The van der Waals surface area contributed by atoms with E-state index in [0.29, 0.717) is 6.42 Å². The van der Waals surface area contributed by atoms with Crippen molar-refractivity contribution in [2.24, 2.45) is 0 Å². The smallest absolute Gasteiger partial charge is 1.00 e. The van der Waals surface area contributed by atoms with Crippen LogP contribution in [0.3, 0.4) is 0 Å². The largest absolute Gasteiger partial charge is 1.00 e. The molecule has 0 bridgehead atoms. The molecule has 0 unspecified atom stereocenters. The Morgan fingerprint density at radius 3 is 2.04 bits per heavy atom. The van der Waals surface area contributed by atoms with E-state index in [-0.39, 0.29) is 31.0 Å². The fourth-order valence-electron chi connectivity index (χ4n) is 2.72. The van der Waals surface area contributed by atoms with Crippen molar-refractivity contribution < 1.29 is 40.9 Å². The molecule has 1 aromatic heterocycles. The summed E-state index contributed by atoms with van der Waals surface area (Å²) in [4.78, 5) is 13.3. The van der Waals surface area contributed by atoms with Crippen molar-refractivity contribution in [1.82, 2.24) is 0 Å². The Hall–Kier alpha value is -0.610. The van der Waals surface area contributed by atoms with Gasteiger partial charge < -0.3 is 6.53 Å². The Kier molecular flexibility index (Phi) is 11.4. The fraction of sp³-hybridized carbons (Fsp3) is 0.450. The zero-order chi connectivity index (χ0) is 16.3. The third kappa shape index (κ3) is 9.03. The maximum atomic E-state index is 10.5. The molecule has 2 rings (SSSR count). The molecule has 1 heterocycles. The first-order valence-corrected chi connectivity index (χ1v) is 9.39. The van der Waals surface area contributed by atoms with Gasteiger partial charge in [-0.15, -0.1) is 11.3 Å². The van der Waals surface area contributed by atoms with Crippen molar-refractivity contribution in [3.05, 3.63) is 57.8 Å². The average molecular weight is 354 g/mol. The van der Waals surface area contributed by atoms with Crippen molar-refractivity contribution in [3.63, 3.8) is 0 Å². The molecule has 1 aromatic carbocycles. The van der Waals surface area contributed by atoms with Gasteiger partial charge >= 0.3 is 35.5 Å². The second kappa shape index (κ2) is 12.7. The fourth-order valence-corrected chi connectivity index (χ4v) is 3.82. The van der Waals surface area contributed by atoms with E-state index in [1.165, 1.54) is 47.4 Å². The van der Waals surface area contributed by atoms with Crippen molar-refractivity contribution in [2.75, 3.05) is 0 Å². The van der Waals surface area contributed by atoms with Crippen molar-refractivity contribution in [1.29, 1.82) is 0 Å². The van der Waals surface area contributed by atoms with Gasteiger partial charge in [0.25, 0.3) is 0 Å². The summed E-state index contributed by atoms with van der Waals surface area (Å²) in [5.41, 5.74) is 1.44. The molecule has 2 nitrogen and oxygen atoms in total. The van der Waals surface area contributed by atoms with Gasteiger partial charge in [-0.3, -0.25) is 4.79 Å². The molecular formula is C20H27NaO2S. The van der Waals surface area contributed by atoms with Crippen LogP contribution < -0.4 is 29.6 Å². The molecule has 126 valence electrons. The molecule has 4 heteroatoms. The molecule has 0 atom stereocenters. The monoisotopic (exact) mass is 354 g/mol. The molecular weight excluding hydrogens is 327 g/mol. The van der Waals surface area contributed by atoms with E-state index >= 15 is 0 Å². The standard InChI is InChI=1S/C20H26O2S.Na.H/c21-20(22)14-8-7-13-19-16-15-18(23-19)12-6-2-5-11-17-9-3-1-4-10-17;;/h1,3-4,9-10,15-16H,2,5-8,11-14H2,(H,21,22);;/q;+1;-1. The van der Waals surface area contributed by atoms with Gasteiger partial charge in [0, 0.05) is 16.2 Å². The molecule has 0 aliphatic carbocycles. The predicted octanol–water partition coefficient (Wildman–Crippen LogP) is 2.62. The van der Waals surface area contributed by atoms with E-state index in [4.69, 9.17) is 5.11 Å². The van der Waals surface area contributed by atoms with Gasteiger partial charge in [-0.25, -0.2) is 0 Å². The molecule has 24 heavy (non-hydrogen) atoms. The number of benzene rings is 1. The van der Waals surface area contributed by atoms with Gasteiger partial charge in [-0.05, 0) is 62.6 Å². The SMILES string of the molecule is O=C(O)CCCCc1ccc(CCCCCc2ccccc2)s1.[H-].[Na+]. The van der Waals surface area contributed by atoms with Crippen molar-refractivity contribution in [3.8, 4) is 0 Å². The quantitative estimate of drug-likeness (QED) is 0.497. The van der Waals surface area contributed by atoms with Crippen LogP contribution in [0.4, 0.5) is 0 Å². The minimum atomic E-state index is -0.688. The van der Waals surface area contributed by atoms with Gasteiger partial charge in [0.05, 0.1) is 0 Å². The second-order valence-electron chi connectivity index (χ2n) is 6.02. The third-order valence-corrected chi connectivity index (χ3v) is 5.22. The molecule has 0 amide bonds. The zero-order valence-electron chi connectivity index (χ0n) is 15.7. The van der Waals surface area contributed by atoms with E-state index in [2.05, 4.69) is 42.5 Å². The third-order valence-electron chi connectivity index (χ3n) is 4.01. The van der Waals surface area contributed by atoms with E-state index in [1.807, 2.05) is 11.3 Å². The van der Waals surface area contributed by atoms with E-state index in [0.717, 1.165) is 19.3 Å². The minimum Gasteiger partial charge on any atom is -1.00 e. The maximum Gasteiger partial charge on any atom is 1.00 e. The summed E-state index contributed by atoms with van der Waals surface area (Å²) in [5.74, 6) is -0.688. The topological polar surface area (TPSA) is 37.3 Å². The number of aliphatic carboxylic acids is 1. The molecule has 0 saturated heterocycles. The number of thiophene rings is 1. The van der Waals surface area contributed by atoms with Crippen LogP contribution in [-0.2, 0) is 24.1 Å². The molecule has 2 aromatic rings. The second-order valence-corrected chi connectivity index (χ2v) is 7.27. The van der Waals surface area contributed by atoms with Crippen molar-refractivity contribution in [2.45, 2.75) is 57.8 Å². The molecule has 0 radical (unpaired) electrons. The number of carboxylic acids is 1. The molecule has 0 saturated carbocycles. The van der Waals surface area contributed by atoms with Crippen LogP contribution in [0.15, 0.2) is 42.5 Å². The minimum absolute atomic E-state index is 0. The summed E-state index contributed by atoms with van der Waals surface area (Å²) in [7, 11) is 0. The number of carbonyl (C=O) groups is 1. The number of hydrogen-bond acceptors (Lipinski definition) is 2. The molecule has 1 N–H and O–H groups in total. The maximum absolute atomic E-state index is 10.5. The number of aryl methyl sites for hydroxylation is 3. The number of rotatable bonds is 11. The molecule has 0 spiro atoms. The summed E-state index contributed by atoms with van der Waals surface area (Å²) in [6.07, 6.45) is 9.22. The summed E-state index contributed by atoms with van der Waals surface area (Å²) < 4.78 is 0. The van der Waals surface area contributed by atoms with Crippen LogP contribution in [0, 0.1) is 0 Å². The summed E-state index contributed by atoms with van der Waals surface area (Å²) in [6, 6.07) is 15.2. The normalized spacial score (nSPS) is 10.3. The molecule has 0 aliphatic heterocycles. The van der Waals surface area contributed by atoms with E-state index in [9.17, 15) is 4.79 Å². The van der Waals surface area contributed by atoms with Crippen LogP contribution in [0.5, 0.6) is 0 Å². The van der Waals surface area contributed by atoms with Gasteiger partial charge in [-0.1, -0.05) is 36.8 Å². The van der Waals surface area contributed by atoms with Gasteiger partial charge in [-0.2, -0.15) is 0 Å². The predicted molar refractivity (Wildman–Crippen MR) is 98.3 cm³/mol. The van der Waals surface area contributed by atoms with Crippen LogP contribution in [0.1, 0.15) is 55.3 Å². The van der Waals surface area contributed by atoms with Crippen molar-refractivity contribution >= 4 is 17.3 Å². The zero-order valence-corrected chi connectivity index (χ0v) is 17.5.